The monoisotopic (exact) mass is 216 g/mol. The molecule has 0 heterocycles. The molecule has 0 aliphatic rings. The largest absolute Gasteiger partial charge is 0.323 e. The Balaban J connectivity index is 3.09. The van der Waals surface area contributed by atoms with Gasteiger partial charge in [0.2, 0.25) is 0 Å². The van der Waals surface area contributed by atoms with Crippen LogP contribution in [0.1, 0.15) is 5.56 Å². The van der Waals surface area contributed by atoms with E-state index in [2.05, 4.69) is 21.0 Å². The molecule has 2 N–H and O–H groups in total. The SMILES string of the molecule is NN=Cc1ccc(Br)cc1F. The summed E-state index contributed by atoms with van der Waals surface area (Å²) in [5.74, 6) is 4.52. The Morgan fingerprint density at radius 3 is 2.82 bits per heavy atom. The summed E-state index contributed by atoms with van der Waals surface area (Å²) in [5.41, 5.74) is 0.385. The van der Waals surface area contributed by atoms with Crippen LogP contribution in [0.3, 0.4) is 0 Å². The van der Waals surface area contributed by atoms with Crippen LogP contribution in [0, 0.1) is 5.82 Å². The predicted molar refractivity (Wildman–Crippen MR) is 45.9 cm³/mol. The number of nitrogens with zero attached hydrogens (tertiary/aromatic N) is 1. The molecule has 0 aliphatic heterocycles. The molecule has 0 aromatic heterocycles. The van der Waals surface area contributed by atoms with Gasteiger partial charge in [-0.1, -0.05) is 15.9 Å². The number of hydrazone groups is 1. The Labute approximate surface area is 72.0 Å². The van der Waals surface area contributed by atoms with Gasteiger partial charge in [0.15, 0.2) is 0 Å². The summed E-state index contributed by atoms with van der Waals surface area (Å²) in [6.45, 7) is 0. The van der Waals surface area contributed by atoms with Gasteiger partial charge in [0.25, 0.3) is 0 Å². The number of rotatable bonds is 1. The molecule has 0 spiro atoms. The third-order valence-corrected chi connectivity index (χ3v) is 1.67. The lowest BCUT2D eigenvalue weighted by atomic mass is 10.2. The average Bonchev–Trinajstić information content (AvgIpc) is 1.95. The smallest absolute Gasteiger partial charge is 0.133 e. The summed E-state index contributed by atoms with van der Waals surface area (Å²) in [5, 5.41) is 3.22. The van der Waals surface area contributed by atoms with Gasteiger partial charge >= 0.3 is 0 Å². The van der Waals surface area contributed by atoms with Gasteiger partial charge in [-0.3, -0.25) is 0 Å². The molecule has 0 saturated carbocycles. The summed E-state index contributed by atoms with van der Waals surface area (Å²) < 4.78 is 13.6. The van der Waals surface area contributed by atoms with Crippen LogP contribution in [0.15, 0.2) is 27.8 Å². The van der Waals surface area contributed by atoms with Crippen LogP contribution in [0.25, 0.3) is 0 Å². The van der Waals surface area contributed by atoms with Crippen LogP contribution >= 0.6 is 15.9 Å². The van der Waals surface area contributed by atoms with Crippen LogP contribution in [-0.4, -0.2) is 6.21 Å². The van der Waals surface area contributed by atoms with Gasteiger partial charge in [-0.05, 0) is 18.2 Å². The van der Waals surface area contributed by atoms with E-state index in [1.165, 1.54) is 12.3 Å². The third kappa shape index (κ3) is 2.01. The zero-order valence-electron chi connectivity index (χ0n) is 5.59. The van der Waals surface area contributed by atoms with Crippen molar-refractivity contribution in [3.63, 3.8) is 0 Å². The first kappa shape index (κ1) is 8.20. The molecule has 11 heavy (non-hydrogen) atoms. The molecule has 0 bridgehead atoms. The second-order valence-electron chi connectivity index (χ2n) is 1.94. The topological polar surface area (TPSA) is 38.4 Å². The van der Waals surface area contributed by atoms with Crippen molar-refractivity contribution in [2.45, 2.75) is 0 Å². The van der Waals surface area contributed by atoms with Crippen molar-refractivity contribution in [1.29, 1.82) is 0 Å². The number of benzene rings is 1. The highest BCUT2D eigenvalue weighted by molar-refractivity contribution is 9.10. The number of hydrogen-bond acceptors (Lipinski definition) is 2. The number of halogens is 2. The fourth-order valence-electron chi connectivity index (χ4n) is 0.687. The molecule has 1 aromatic carbocycles. The molecular weight excluding hydrogens is 211 g/mol. The normalized spacial score (nSPS) is 10.7. The number of hydrogen-bond donors (Lipinski definition) is 1. The van der Waals surface area contributed by atoms with E-state index in [9.17, 15) is 4.39 Å². The molecule has 4 heteroatoms. The van der Waals surface area contributed by atoms with Crippen molar-refractivity contribution in [2.24, 2.45) is 10.9 Å². The Hall–Kier alpha value is -0.900. The van der Waals surface area contributed by atoms with Gasteiger partial charge in [0.05, 0.1) is 6.21 Å². The van der Waals surface area contributed by atoms with E-state index in [4.69, 9.17) is 5.84 Å². The summed E-state index contributed by atoms with van der Waals surface area (Å²) in [4.78, 5) is 0. The lowest BCUT2D eigenvalue weighted by molar-refractivity contribution is 0.625. The van der Waals surface area contributed by atoms with E-state index in [1.54, 1.807) is 12.1 Å². The Morgan fingerprint density at radius 2 is 2.27 bits per heavy atom. The quantitative estimate of drug-likeness (QED) is 0.435. The van der Waals surface area contributed by atoms with E-state index in [0.29, 0.717) is 10.0 Å². The van der Waals surface area contributed by atoms with Crippen molar-refractivity contribution in [2.75, 3.05) is 0 Å². The van der Waals surface area contributed by atoms with Gasteiger partial charge in [-0.25, -0.2) is 4.39 Å². The predicted octanol–water partition coefficient (Wildman–Crippen LogP) is 1.88. The Bertz CT molecular complexity index is 286. The minimum Gasteiger partial charge on any atom is -0.323 e. The molecule has 58 valence electrons. The second-order valence-corrected chi connectivity index (χ2v) is 2.86. The van der Waals surface area contributed by atoms with Crippen LogP contribution in [-0.2, 0) is 0 Å². The maximum Gasteiger partial charge on any atom is 0.133 e. The van der Waals surface area contributed by atoms with E-state index < -0.39 is 0 Å². The molecule has 2 nitrogen and oxygen atoms in total. The molecular formula is C7H6BrFN2. The molecule has 0 unspecified atom stereocenters. The lowest BCUT2D eigenvalue weighted by Gasteiger charge is -1.94. The van der Waals surface area contributed by atoms with Crippen LogP contribution in [0.4, 0.5) is 4.39 Å². The van der Waals surface area contributed by atoms with Crippen molar-refractivity contribution in [3.8, 4) is 0 Å². The van der Waals surface area contributed by atoms with Gasteiger partial charge < -0.3 is 5.84 Å². The molecule has 0 saturated heterocycles. The minimum absolute atomic E-state index is 0.339. The molecule has 0 fully saturated rings. The third-order valence-electron chi connectivity index (χ3n) is 1.18. The second kappa shape index (κ2) is 3.48. The maximum absolute atomic E-state index is 12.9. The first-order valence-corrected chi connectivity index (χ1v) is 3.71. The molecule has 1 rings (SSSR count). The van der Waals surface area contributed by atoms with Gasteiger partial charge in [-0.15, -0.1) is 0 Å². The molecule has 0 amide bonds. The first-order valence-electron chi connectivity index (χ1n) is 2.92. The Morgan fingerprint density at radius 1 is 1.55 bits per heavy atom. The van der Waals surface area contributed by atoms with Crippen molar-refractivity contribution < 1.29 is 4.39 Å². The molecule has 1 aromatic rings. The van der Waals surface area contributed by atoms with Gasteiger partial charge in [-0.2, -0.15) is 5.10 Å². The number of nitrogens with two attached hydrogens (primary N) is 1. The van der Waals surface area contributed by atoms with Gasteiger partial charge in [0.1, 0.15) is 5.82 Å². The summed E-state index contributed by atoms with van der Waals surface area (Å²) in [6, 6.07) is 4.67. The standard InChI is InChI=1S/C7H6BrFN2/c8-6-2-1-5(4-11-10)7(9)3-6/h1-4H,10H2. The van der Waals surface area contributed by atoms with Crippen LogP contribution in [0.2, 0.25) is 0 Å². The average molecular weight is 217 g/mol. The highest BCUT2D eigenvalue weighted by Gasteiger charge is 1.98. The van der Waals surface area contributed by atoms with Crippen molar-refractivity contribution >= 4 is 22.1 Å². The summed E-state index contributed by atoms with van der Waals surface area (Å²) in [7, 11) is 0. The van der Waals surface area contributed by atoms with Crippen molar-refractivity contribution in [3.05, 3.63) is 34.1 Å². The maximum atomic E-state index is 12.9. The summed E-state index contributed by atoms with van der Waals surface area (Å²) >= 11 is 3.13. The first-order chi connectivity index (χ1) is 5.24. The van der Waals surface area contributed by atoms with Crippen LogP contribution < -0.4 is 5.84 Å². The van der Waals surface area contributed by atoms with Crippen LogP contribution in [0.5, 0.6) is 0 Å². The zero-order chi connectivity index (χ0) is 8.27. The fraction of sp³-hybridized carbons (Fsp3) is 0. The van der Waals surface area contributed by atoms with Crippen molar-refractivity contribution in [1.82, 2.24) is 0 Å². The lowest BCUT2D eigenvalue weighted by Crippen LogP contribution is -1.90. The zero-order valence-corrected chi connectivity index (χ0v) is 7.18. The van der Waals surface area contributed by atoms with E-state index in [1.807, 2.05) is 0 Å². The fourth-order valence-corrected chi connectivity index (χ4v) is 1.02. The minimum atomic E-state index is -0.339. The molecule has 0 radical (unpaired) electrons. The highest BCUT2D eigenvalue weighted by atomic mass is 79.9. The van der Waals surface area contributed by atoms with Gasteiger partial charge in [0, 0.05) is 10.0 Å². The highest BCUT2D eigenvalue weighted by Crippen LogP contribution is 2.13. The van der Waals surface area contributed by atoms with E-state index >= 15 is 0 Å². The molecule has 0 atom stereocenters. The summed E-state index contributed by atoms with van der Waals surface area (Å²) in [6.07, 6.45) is 1.27. The Kier molecular flexibility index (Phi) is 2.59. The van der Waals surface area contributed by atoms with E-state index in [-0.39, 0.29) is 5.82 Å². The van der Waals surface area contributed by atoms with E-state index in [0.717, 1.165) is 0 Å². The molecule has 0 aliphatic carbocycles.